The average Bonchev–Trinajstić information content (AvgIpc) is 2.41. The van der Waals surface area contributed by atoms with E-state index in [2.05, 4.69) is 6.07 Å². The van der Waals surface area contributed by atoms with Crippen LogP contribution in [0.1, 0.15) is 11.1 Å². The number of anilines is 1. The van der Waals surface area contributed by atoms with Crippen molar-refractivity contribution in [3.8, 4) is 6.07 Å². The second-order valence-electron chi connectivity index (χ2n) is 4.14. The molecule has 0 amide bonds. The summed E-state index contributed by atoms with van der Waals surface area (Å²) in [7, 11) is 1.96. The maximum Gasteiger partial charge on any atom is 0.123 e. The summed E-state index contributed by atoms with van der Waals surface area (Å²) < 4.78 is 12.8. The van der Waals surface area contributed by atoms with E-state index >= 15 is 0 Å². The Kier molecular flexibility index (Phi) is 3.59. The van der Waals surface area contributed by atoms with Crippen LogP contribution in [-0.2, 0) is 6.54 Å². The predicted octanol–water partition coefficient (Wildman–Crippen LogP) is 3.33. The van der Waals surface area contributed by atoms with E-state index in [9.17, 15) is 4.39 Å². The zero-order chi connectivity index (χ0) is 13.0. The minimum Gasteiger partial charge on any atom is -0.370 e. The molecule has 2 aromatic rings. The monoisotopic (exact) mass is 240 g/mol. The van der Waals surface area contributed by atoms with Gasteiger partial charge in [0.2, 0.25) is 0 Å². The van der Waals surface area contributed by atoms with Gasteiger partial charge in [0.15, 0.2) is 0 Å². The van der Waals surface area contributed by atoms with Crippen molar-refractivity contribution >= 4 is 5.69 Å². The van der Waals surface area contributed by atoms with Gasteiger partial charge < -0.3 is 4.90 Å². The molecule has 0 heterocycles. The molecule has 90 valence electrons. The Morgan fingerprint density at radius 3 is 2.22 bits per heavy atom. The lowest BCUT2D eigenvalue weighted by atomic mass is 10.2. The molecule has 0 aromatic heterocycles. The van der Waals surface area contributed by atoms with Crippen LogP contribution in [0.15, 0.2) is 48.5 Å². The van der Waals surface area contributed by atoms with Crippen molar-refractivity contribution in [1.82, 2.24) is 0 Å². The molecule has 2 nitrogen and oxygen atoms in total. The molecule has 3 heteroatoms. The topological polar surface area (TPSA) is 27.0 Å². The summed E-state index contributed by atoms with van der Waals surface area (Å²) in [6.07, 6.45) is 0. The lowest BCUT2D eigenvalue weighted by Crippen LogP contribution is -2.16. The molecule has 0 saturated heterocycles. The van der Waals surface area contributed by atoms with Crippen molar-refractivity contribution in [2.45, 2.75) is 6.54 Å². The van der Waals surface area contributed by atoms with Crippen LogP contribution in [0.2, 0.25) is 0 Å². The summed E-state index contributed by atoms with van der Waals surface area (Å²) in [6.45, 7) is 0.701. The van der Waals surface area contributed by atoms with Gasteiger partial charge in [-0.2, -0.15) is 5.26 Å². The van der Waals surface area contributed by atoms with Crippen molar-refractivity contribution < 1.29 is 4.39 Å². The van der Waals surface area contributed by atoms with Crippen LogP contribution in [0.5, 0.6) is 0 Å². The van der Waals surface area contributed by atoms with Gasteiger partial charge in [0.1, 0.15) is 5.82 Å². The van der Waals surface area contributed by atoms with Crippen molar-refractivity contribution in [1.29, 1.82) is 5.26 Å². The van der Waals surface area contributed by atoms with Crippen molar-refractivity contribution in [3.63, 3.8) is 0 Å². The molecule has 2 aromatic carbocycles. The van der Waals surface area contributed by atoms with E-state index in [1.54, 1.807) is 24.3 Å². The second kappa shape index (κ2) is 5.33. The highest BCUT2D eigenvalue weighted by molar-refractivity contribution is 5.49. The molecule has 18 heavy (non-hydrogen) atoms. The highest BCUT2D eigenvalue weighted by Gasteiger charge is 2.02. The molecule has 0 aliphatic heterocycles. The van der Waals surface area contributed by atoms with E-state index in [4.69, 9.17) is 5.26 Å². The lowest BCUT2D eigenvalue weighted by Gasteiger charge is -2.19. The molecule has 0 fully saturated rings. The van der Waals surface area contributed by atoms with E-state index in [1.165, 1.54) is 12.1 Å². The molecule has 0 bridgehead atoms. The Morgan fingerprint density at radius 1 is 1.06 bits per heavy atom. The molecule has 0 aliphatic carbocycles. The van der Waals surface area contributed by atoms with Gasteiger partial charge >= 0.3 is 0 Å². The quantitative estimate of drug-likeness (QED) is 0.822. The number of benzene rings is 2. The smallest absolute Gasteiger partial charge is 0.123 e. The number of rotatable bonds is 3. The third-order valence-electron chi connectivity index (χ3n) is 2.77. The summed E-state index contributed by atoms with van der Waals surface area (Å²) in [6, 6.07) is 15.9. The van der Waals surface area contributed by atoms with E-state index < -0.39 is 0 Å². The molecule has 0 unspecified atom stereocenters. The first-order valence-electron chi connectivity index (χ1n) is 5.65. The van der Waals surface area contributed by atoms with Gasteiger partial charge in [-0.25, -0.2) is 4.39 Å². The average molecular weight is 240 g/mol. The second-order valence-corrected chi connectivity index (χ2v) is 4.14. The highest BCUT2D eigenvalue weighted by Crippen LogP contribution is 2.16. The fraction of sp³-hybridized carbons (Fsp3) is 0.133. The Balaban J connectivity index is 2.09. The third-order valence-corrected chi connectivity index (χ3v) is 2.77. The molecule has 0 radical (unpaired) electrons. The van der Waals surface area contributed by atoms with Crippen molar-refractivity contribution in [2.24, 2.45) is 0 Å². The first-order valence-corrected chi connectivity index (χ1v) is 5.65. The van der Waals surface area contributed by atoms with E-state index in [0.29, 0.717) is 12.1 Å². The van der Waals surface area contributed by atoms with Crippen molar-refractivity contribution in [2.75, 3.05) is 11.9 Å². The maximum absolute atomic E-state index is 12.8. The molecule has 0 N–H and O–H groups in total. The summed E-state index contributed by atoms with van der Waals surface area (Å²) >= 11 is 0. The first-order chi connectivity index (χ1) is 8.69. The lowest BCUT2D eigenvalue weighted by molar-refractivity contribution is 0.627. The van der Waals surface area contributed by atoms with Crippen LogP contribution >= 0.6 is 0 Å². The van der Waals surface area contributed by atoms with Gasteiger partial charge in [-0.05, 0) is 42.0 Å². The van der Waals surface area contributed by atoms with Gasteiger partial charge in [0.05, 0.1) is 11.6 Å². The fourth-order valence-electron chi connectivity index (χ4n) is 1.75. The van der Waals surface area contributed by atoms with Crippen molar-refractivity contribution in [3.05, 3.63) is 65.5 Å². The predicted molar refractivity (Wildman–Crippen MR) is 69.7 cm³/mol. The number of nitriles is 1. The van der Waals surface area contributed by atoms with Crippen LogP contribution in [-0.4, -0.2) is 7.05 Å². The normalized spacial score (nSPS) is 9.83. The molecule has 0 atom stereocenters. The van der Waals surface area contributed by atoms with E-state index in [0.717, 1.165) is 11.3 Å². The molecule has 0 saturated carbocycles. The number of hydrogen-bond acceptors (Lipinski definition) is 2. The zero-order valence-electron chi connectivity index (χ0n) is 10.1. The van der Waals surface area contributed by atoms with Gasteiger partial charge in [-0.1, -0.05) is 12.1 Å². The molecular formula is C15H13FN2. The Labute approximate surface area is 106 Å². The van der Waals surface area contributed by atoms with E-state index in [-0.39, 0.29) is 5.82 Å². The summed E-state index contributed by atoms with van der Waals surface area (Å²) in [4.78, 5) is 2.05. The van der Waals surface area contributed by atoms with Crippen LogP contribution < -0.4 is 4.90 Å². The first kappa shape index (κ1) is 12.1. The fourth-order valence-corrected chi connectivity index (χ4v) is 1.75. The summed E-state index contributed by atoms with van der Waals surface area (Å²) in [5.74, 6) is -0.222. The number of nitrogens with zero attached hydrogens (tertiary/aromatic N) is 2. The Morgan fingerprint density at radius 2 is 1.67 bits per heavy atom. The summed E-state index contributed by atoms with van der Waals surface area (Å²) in [5.41, 5.74) is 2.72. The van der Waals surface area contributed by atoms with Crippen LogP contribution in [0, 0.1) is 17.1 Å². The molecule has 0 aliphatic rings. The Hall–Kier alpha value is -2.34. The number of halogens is 1. The zero-order valence-corrected chi connectivity index (χ0v) is 10.1. The molecule has 2 rings (SSSR count). The van der Waals surface area contributed by atoms with Crippen LogP contribution in [0.25, 0.3) is 0 Å². The van der Waals surface area contributed by atoms with Gasteiger partial charge in [0.25, 0.3) is 0 Å². The number of hydrogen-bond donors (Lipinski definition) is 0. The van der Waals surface area contributed by atoms with Crippen LogP contribution in [0.4, 0.5) is 10.1 Å². The third kappa shape index (κ3) is 2.86. The largest absolute Gasteiger partial charge is 0.370 e. The minimum absolute atomic E-state index is 0.222. The molecular weight excluding hydrogens is 227 g/mol. The standard InChI is InChI=1S/C15H13FN2/c1-18(11-13-2-6-14(16)7-3-13)15-8-4-12(10-17)5-9-15/h2-9H,11H2,1H3. The van der Waals surface area contributed by atoms with Gasteiger partial charge in [-0.15, -0.1) is 0 Å². The van der Waals surface area contributed by atoms with Gasteiger partial charge in [0, 0.05) is 19.3 Å². The maximum atomic E-state index is 12.8. The summed E-state index contributed by atoms with van der Waals surface area (Å²) in [5, 5.41) is 8.73. The van der Waals surface area contributed by atoms with Gasteiger partial charge in [-0.3, -0.25) is 0 Å². The molecule has 0 spiro atoms. The van der Waals surface area contributed by atoms with Crippen LogP contribution in [0.3, 0.4) is 0 Å². The Bertz CT molecular complexity index is 553. The van der Waals surface area contributed by atoms with E-state index in [1.807, 2.05) is 24.1 Å². The highest BCUT2D eigenvalue weighted by atomic mass is 19.1. The SMILES string of the molecule is CN(Cc1ccc(F)cc1)c1ccc(C#N)cc1. The minimum atomic E-state index is -0.222.